The molecule has 2 rings (SSSR count). The van der Waals surface area contributed by atoms with E-state index in [4.69, 9.17) is 0 Å². The number of nitrogens with one attached hydrogen (secondary N) is 1. The van der Waals surface area contributed by atoms with Gasteiger partial charge >= 0.3 is 0 Å². The molecule has 0 saturated carbocycles. The number of hydrogen-bond donors (Lipinski definition) is 1. The molecule has 0 bridgehead atoms. The number of rotatable bonds is 6. The van der Waals surface area contributed by atoms with Crippen molar-refractivity contribution in [2.75, 3.05) is 19.6 Å². The molecule has 1 aromatic rings. The summed E-state index contributed by atoms with van der Waals surface area (Å²) in [4.78, 5) is 4.28. The molecule has 2 nitrogen and oxygen atoms in total. The highest BCUT2D eigenvalue weighted by Gasteiger charge is 2.27. The van der Waals surface area contributed by atoms with Crippen molar-refractivity contribution in [1.82, 2.24) is 10.2 Å². The van der Waals surface area contributed by atoms with Gasteiger partial charge in [0, 0.05) is 23.5 Å². The van der Waals surface area contributed by atoms with Gasteiger partial charge in [-0.1, -0.05) is 13.8 Å². The molecule has 0 saturated heterocycles. The third-order valence-corrected chi connectivity index (χ3v) is 5.18. The molecule has 1 aliphatic heterocycles. The van der Waals surface area contributed by atoms with Crippen molar-refractivity contribution < 1.29 is 0 Å². The quantitative estimate of drug-likeness (QED) is 0.800. The molecule has 0 spiro atoms. The topological polar surface area (TPSA) is 15.3 Å². The summed E-state index contributed by atoms with van der Waals surface area (Å²) in [6, 6.07) is 3.58. The molecule has 0 fully saturated rings. The number of thiophene rings is 1. The minimum atomic E-state index is 0.593. The fraction of sp³-hybridized carbons (Fsp3) is 0.750. The van der Waals surface area contributed by atoms with Gasteiger partial charge < -0.3 is 5.32 Å². The smallest absolute Gasteiger partial charge is 0.0333 e. The van der Waals surface area contributed by atoms with Gasteiger partial charge in [0.2, 0.25) is 0 Å². The predicted octanol–water partition coefficient (Wildman–Crippen LogP) is 3.69. The third kappa shape index (κ3) is 3.80. The van der Waals surface area contributed by atoms with E-state index in [2.05, 4.69) is 49.4 Å². The van der Waals surface area contributed by atoms with Crippen molar-refractivity contribution in [3.05, 3.63) is 21.9 Å². The van der Waals surface area contributed by atoms with E-state index < -0.39 is 0 Å². The molecule has 1 aromatic heterocycles. The van der Waals surface area contributed by atoms with Crippen LogP contribution >= 0.6 is 11.3 Å². The normalized spacial score (nSPS) is 21.6. The summed E-state index contributed by atoms with van der Waals surface area (Å²) in [5.41, 5.74) is 1.57. The Balaban J connectivity index is 1.82. The van der Waals surface area contributed by atoms with Crippen molar-refractivity contribution in [3.63, 3.8) is 0 Å². The first-order chi connectivity index (χ1) is 9.09. The van der Waals surface area contributed by atoms with Gasteiger partial charge in [-0.2, -0.15) is 0 Å². The van der Waals surface area contributed by atoms with Gasteiger partial charge in [0.1, 0.15) is 0 Å². The van der Waals surface area contributed by atoms with E-state index in [0.29, 0.717) is 12.1 Å². The van der Waals surface area contributed by atoms with E-state index in [1.54, 1.807) is 10.4 Å². The fourth-order valence-electron chi connectivity index (χ4n) is 3.00. The first kappa shape index (κ1) is 15.0. The Morgan fingerprint density at radius 2 is 2.21 bits per heavy atom. The summed E-state index contributed by atoms with van der Waals surface area (Å²) in [7, 11) is 0. The highest BCUT2D eigenvalue weighted by atomic mass is 32.1. The van der Waals surface area contributed by atoms with E-state index in [1.807, 2.05) is 11.3 Å². The summed E-state index contributed by atoms with van der Waals surface area (Å²) >= 11 is 1.93. The average molecular weight is 280 g/mol. The lowest BCUT2D eigenvalue weighted by atomic mass is 9.99. The Kier molecular flexibility index (Phi) is 5.43. The van der Waals surface area contributed by atoms with E-state index in [-0.39, 0.29) is 0 Å². The van der Waals surface area contributed by atoms with E-state index >= 15 is 0 Å². The van der Waals surface area contributed by atoms with Crippen molar-refractivity contribution in [1.29, 1.82) is 0 Å². The molecule has 3 heteroatoms. The van der Waals surface area contributed by atoms with Gasteiger partial charge in [-0.15, -0.1) is 11.3 Å². The second kappa shape index (κ2) is 6.87. The summed E-state index contributed by atoms with van der Waals surface area (Å²) in [6.07, 6.45) is 2.48. The average Bonchev–Trinajstić information content (AvgIpc) is 2.83. The van der Waals surface area contributed by atoms with Crippen LogP contribution in [-0.4, -0.2) is 30.6 Å². The zero-order valence-electron chi connectivity index (χ0n) is 12.8. The zero-order valence-corrected chi connectivity index (χ0v) is 13.6. The molecule has 19 heavy (non-hydrogen) atoms. The lowest BCUT2D eigenvalue weighted by Gasteiger charge is -2.38. The van der Waals surface area contributed by atoms with Crippen LogP contribution in [0.3, 0.4) is 0 Å². The Labute approximate surface area is 122 Å². The largest absolute Gasteiger partial charge is 0.316 e. The van der Waals surface area contributed by atoms with Crippen LogP contribution in [0, 0.1) is 5.92 Å². The lowest BCUT2D eigenvalue weighted by molar-refractivity contribution is 0.138. The summed E-state index contributed by atoms with van der Waals surface area (Å²) in [5, 5.41) is 5.81. The van der Waals surface area contributed by atoms with Gasteiger partial charge in [0.15, 0.2) is 0 Å². The van der Waals surface area contributed by atoms with Crippen LogP contribution in [0.2, 0.25) is 0 Å². The van der Waals surface area contributed by atoms with Gasteiger partial charge in [-0.25, -0.2) is 0 Å². The molecule has 1 aliphatic rings. The molecule has 0 amide bonds. The molecule has 108 valence electrons. The minimum absolute atomic E-state index is 0.593. The first-order valence-electron chi connectivity index (χ1n) is 7.62. The number of nitrogens with zero attached hydrogens (tertiary/aromatic N) is 1. The van der Waals surface area contributed by atoms with Crippen LogP contribution in [0.1, 0.15) is 50.6 Å². The fourth-order valence-corrected chi connectivity index (χ4v) is 3.96. The van der Waals surface area contributed by atoms with Crippen LogP contribution in [0.15, 0.2) is 11.4 Å². The van der Waals surface area contributed by atoms with Crippen molar-refractivity contribution in [3.8, 4) is 0 Å². The molecule has 0 aliphatic carbocycles. The minimum Gasteiger partial charge on any atom is -0.316 e. The van der Waals surface area contributed by atoms with Crippen molar-refractivity contribution in [2.45, 2.75) is 52.6 Å². The molecular weight excluding hydrogens is 252 g/mol. The Morgan fingerprint density at radius 1 is 1.42 bits per heavy atom. The van der Waals surface area contributed by atoms with Crippen LogP contribution in [0.5, 0.6) is 0 Å². The molecule has 0 radical (unpaired) electrons. The van der Waals surface area contributed by atoms with Gasteiger partial charge in [0.05, 0.1) is 0 Å². The summed E-state index contributed by atoms with van der Waals surface area (Å²) in [5.74, 6) is 0.748. The molecular formula is C16H28N2S. The predicted molar refractivity (Wildman–Crippen MR) is 84.9 cm³/mol. The summed E-state index contributed by atoms with van der Waals surface area (Å²) in [6.45, 7) is 12.8. The molecule has 2 heterocycles. The standard InChI is InChI=1S/C16H28N2S/c1-12(2)11-17-8-5-13(3)18-9-6-16-15(14(18)4)7-10-19-16/h7,10,12-14,17H,5-6,8-9,11H2,1-4H3. The highest BCUT2D eigenvalue weighted by molar-refractivity contribution is 7.10. The number of hydrogen-bond acceptors (Lipinski definition) is 3. The van der Waals surface area contributed by atoms with Crippen molar-refractivity contribution in [2.24, 2.45) is 5.92 Å². The molecule has 1 N–H and O–H groups in total. The zero-order chi connectivity index (χ0) is 13.8. The first-order valence-corrected chi connectivity index (χ1v) is 8.50. The van der Waals surface area contributed by atoms with Crippen LogP contribution in [0.25, 0.3) is 0 Å². The van der Waals surface area contributed by atoms with Gasteiger partial charge in [0.25, 0.3) is 0 Å². The van der Waals surface area contributed by atoms with E-state index in [1.165, 1.54) is 19.4 Å². The third-order valence-electron chi connectivity index (χ3n) is 4.18. The van der Waals surface area contributed by atoms with E-state index in [0.717, 1.165) is 19.0 Å². The maximum atomic E-state index is 3.56. The number of fused-ring (bicyclic) bond motifs is 1. The molecule has 0 aromatic carbocycles. The molecule has 2 atom stereocenters. The van der Waals surface area contributed by atoms with Crippen LogP contribution in [0.4, 0.5) is 0 Å². The second-order valence-electron chi connectivity index (χ2n) is 6.20. The molecule has 2 unspecified atom stereocenters. The SMILES string of the molecule is CC(C)CNCCC(C)N1CCc2sccc2C1C. The maximum Gasteiger partial charge on any atom is 0.0333 e. The van der Waals surface area contributed by atoms with Crippen molar-refractivity contribution >= 4 is 11.3 Å². The summed E-state index contributed by atoms with van der Waals surface area (Å²) < 4.78 is 0. The van der Waals surface area contributed by atoms with Gasteiger partial charge in [-0.05, 0) is 62.7 Å². The lowest BCUT2D eigenvalue weighted by Crippen LogP contribution is -2.41. The van der Waals surface area contributed by atoms with Crippen LogP contribution in [-0.2, 0) is 6.42 Å². The Hall–Kier alpha value is -0.380. The Bertz CT molecular complexity index is 386. The second-order valence-corrected chi connectivity index (χ2v) is 7.20. The highest BCUT2D eigenvalue weighted by Crippen LogP contribution is 2.34. The van der Waals surface area contributed by atoms with Gasteiger partial charge in [-0.3, -0.25) is 4.90 Å². The van der Waals surface area contributed by atoms with Crippen LogP contribution < -0.4 is 5.32 Å². The Morgan fingerprint density at radius 3 is 2.95 bits per heavy atom. The maximum absolute atomic E-state index is 3.56. The monoisotopic (exact) mass is 280 g/mol. The van der Waals surface area contributed by atoms with E-state index in [9.17, 15) is 0 Å².